The van der Waals surface area contributed by atoms with Crippen LogP contribution in [-0.4, -0.2) is 186 Å². The topological polar surface area (TPSA) is 545 Å². The average Bonchev–Trinajstić information content (AvgIpc) is 0.766. The van der Waals surface area contributed by atoms with E-state index in [1.165, 1.54) is 19.2 Å². The van der Waals surface area contributed by atoms with Gasteiger partial charge in [0.1, 0.15) is 83.4 Å². The van der Waals surface area contributed by atoms with Crippen molar-refractivity contribution >= 4 is 82.1 Å². The van der Waals surface area contributed by atoms with Gasteiger partial charge >= 0.3 is 5.97 Å². The Morgan fingerprint density at radius 1 is 0.692 bits per heavy atom. The van der Waals surface area contributed by atoms with Crippen LogP contribution < -0.4 is 62.5 Å². The van der Waals surface area contributed by atoms with Gasteiger partial charge in [-0.1, -0.05) is 108 Å². The van der Waals surface area contributed by atoms with Crippen molar-refractivity contribution in [3.8, 4) is 68.2 Å². The van der Waals surface area contributed by atoms with Crippen LogP contribution in [-0.2, 0) is 59.1 Å². The number of azide groups is 1. The first-order chi connectivity index (χ1) is 55.6. The van der Waals surface area contributed by atoms with Crippen molar-refractivity contribution in [2.24, 2.45) is 16.8 Å². The molecule has 11 bridgehead atoms. The van der Waals surface area contributed by atoms with Gasteiger partial charge in [0.25, 0.3) is 0 Å². The minimum atomic E-state index is -2.38. The van der Waals surface area contributed by atoms with Gasteiger partial charge in [0.05, 0.1) is 47.4 Å². The van der Waals surface area contributed by atoms with Crippen LogP contribution in [0.1, 0.15) is 111 Å². The number of rotatable bonds is 18. The van der Waals surface area contributed by atoms with Crippen molar-refractivity contribution in [2.75, 3.05) is 13.6 Å². The summed E-state index contributed by atoms with van der Waals surface area (Å²) in [6, 6.07) is 14.1. The zero-order chi connectivity index (χ0) is 84.3. The monoisotopic (exact) mass is 1670 g/mol. The number of benzene rings is 7. The molecule has 7 aliphatic heterocycles. The van der Waals surface area contributed by atoms with E-state index in [0.29, 0.717) is 5.02 Å². The lowest BCUT2D eigenvalue weighted by molar-refractivity contribution is -0.331. The Morgan fingerprint density at radius 2 is 1.30 bits per heavy atom. The number of carboxylic acids is 1. The van der Waals surface area contributed by atoms with Crippen molar-refractivity contribution < 1.29 is 113 Å². The molecule has 7 aromatic carbocycles. The number of aliphatic hydroxyl groups excluding tert-OH is 5. The number of ether oxygens (including phenoxy) is 6. The molecule has 18 atom stereocenters. The predicted molar refractivity (Wildman–Crippen MR) is 416 cm³/mol. The van der Waals surface area contributed by atoms with Crippen molar-refractivity contribution in [1.29, 1.82) is 0 Å². The van der Waals surface area contributed by atoms with Gasteiger partial charge in [-0.2, -0.15) is 0 Å². The third-order valence-electron chi connectivity index (χ3n) is 20.7. The quantitative estimate of drug-likeness (QED) is 0.0283. The summed E-state index contributed by atoms with van der Waals surface area (Å²) in [6.45, 7) is 6.42. The second-order valence-corrected chi connectivity index (χ2v) is 30.7. The maximum atomic E-state index is 16.2. The summed E-state index contributed by atoms with van der Waals surface area (Å²) in [5.74, 6) is -16.2. The van der Waals surface area contributed by atoms with E-state index in [1.54, 1.807) is 26.0 Å². The molecule has 19 N–H and O–H groups in total. The zero-order valence-electron chi connectivity index (χ0n) is 62.8. The minimum Gasteiger partial charge on any atom is -0.508 e. The molecule has 7 aliphatic rings. The highest BCUT2D eigenvalue weighted by atomic mass is 35.5. The molecular weight excluding hydrogens is 1590 g/mol. The molecule has 35 nitrogen and oxygen atoms in total. The van der Waals surface area contributed by atoms with E-state index in [1.807, 2.05) is 50.2 Å². The van der Waals surface area contributed by atoms with Gasteiger partial charge in [0.15, 0.2) is 29.9 Å². The number of halogens is 3. The van der Waals surface area contributed by atoms with Gasteiger partial charge in [-0.3, -0.25) is 33.6 Å². The van der Waals surface area contributed by atoms with Crippen LogP contribution in [0, 0.1) is 5.92 Å². The number of aromatic hydroxyl groups is 3. The van der Waals surface area contributed by atoms with Gasteiger partial charge in [0, 0.05) is 51.2 Å². The maximum absolute atomic E-state index is 16.2. The zero-order valence-corrected chi connectivity index (χ0v) is 65.1. The molecule has 15 unspecified atom stereocenters. The molecule has 0 radical (unpaired) electrons. The first-order valence-corrected chi connectivity index (χ1v) is 37.9. The summed E-state index contributed by atoms with van der Waals surface area (Å²) >= 11 is 20.5. The number of aliphatic carboxylic acids is 1. The number of hydrogen-bond acceptors (Lipinski definition) is 25. The SMILES string of the molecule is CNC(CC(C)C)C(=O)NC1C(=O)N[C@@H](CC(N)=O)C(=O)NC2C(=O)N[C@H]3C(=O)NC(C(=O)N[C@@H](C(=O)O)c4cc(O)cc(O)c4-c4cc3ccc4O)C(O)c3ccc(c(Cl)c3)Oc3cc2cc(c3OC2OC(CN=[N+]=[N-])C(O)C(O)C2OC2CC(C)(NCc3ccc(-c4ccc(Cl)cc4)cc3)C(O)C(C)O2)Oc2ccc(cc2Cl)C1O. The van der Waals surface area contributed by atoms with Gasteiger partial charge in [0.2, 0.25) is 53.4 Å². The van der Waals surface area contributed by atoms with Crippen LogP contribution in [0.3, 0.4) is 0 Å². The molecule has 0 aliphatic carbocycles. The Balaban J connectivity index is 1.05. The molecule has 0 aromatic heterocycles. The second-order valence-electron chi connectivity index (χ2n) is 29.4. The number of phenolic OH excluding ortho intramolecular Hbond substituents is 3. The Labute approximate surface area is 681 Å². The fourth-order valence-electron chi connectivity index (χ4n) is 14.5. The third-order valence-corrected chi connectivity index (χ3v) is 21.5. The Hall–Kier alpha value is -11.1. The summed E-state index contributed by atoms with van der Waals surface area (Å²) in [6.07, 6.45) is -18.8. The van der Waals surface area contributed by atoms with E-state index in [9.17, 15) is 75.5 Å². The largest absolute Gasteiger partial charge is 0.508 e. The van der Waals surface area contributed by atoms with E-state index < -0.39 is 237 Å². The fourth-order valence-corrected chi connectivity index (χ4v) is 15.1. The van der Waals surface area contributed by atoms with Crippen LogP contribution in [0.15, 0.2) is 133 Å². The van der Waals surface area contributed by atoms with Gasteiger partial charge in [-0.05, 0) is 144 Å². The molecule has 38 heteroatoms. The number of amides is 7. The highest BCUT2D eigenvalue weighted by Gasteiger charge is 2.52. The van der Waals surface area contributed by atoms with E-state index in [-0.39, 0.29) is 52.8 Å². The van der Waals surface area contributed by atoms with E-state index in [0.717, 1.165) is 83.4 Å². The lowest BCUT2D eigenvalue weighted by Gasteiger charge is -2.48. The molecular formula is C79H83Cl3N12O23. The number of nitrogens with two attached hydrogens (primary N) is 1. The number of nitrogens with zero attached hydrogens (tertiary/aromatic N) is 3. The lowest BCUT2D eigenvalue weighted by Crippen LogP contribution is -2.65. The van der Waals surface area contributed by atoms with Crippen molar-refractivity contribution in [2.45, 2.75) is 163 Å². The predicted octanol–water partition coefficient (Wildman–Crippen LogP) is 5.58. The van der Waals surface area contributed by atoms with E-state index in [4.69, 9.17) is 69.0 Å². The maximum Gasteiger partial charge on any atom is 0.330 e. The molecule has 7 heterocycles. The average molecular weight is 1670 g/mol. The molecule has 0 spiro atoms. The normalized spacial score (nSPS) is 26.9. The Bertz CT molecular complexity index is 5050. The van der Waals surface area contributed by atoms with Crippen LogP contribution in [0.25, 0.3) is 32.7 Å². The highest BCUT2D eigenvalue weighted by Crippen LogP contribution is 2.50. The highest BCUT2D eigenvalue weighted by molar-refractivity contribution is 6.32. The smallest absolute Gasteiger partial charge is 0.330 e. The Morgan fingerprint density at radius 3 is 1.91 bits per heavy atom. The summed E-state index contributed by atoms with van der Waals surface area (Å²) in [4.78, 5) is 121. The van der Waals surface area contributed by atoms with Crippen LogP contribution in [0.2, 0.25) is 15.1 Å². The van der Waals surface area contributed by atoms with Gasteiger partial charge < -0.3 is 123 Å². The first-order valence-electron chi connectivity index (χ1n) is 36.8. The van der Waals surface area contributed by atoms with Crippen LogP contribution in [0.5, 0.6) is 46.0 Å². The van der Waals surface area contributed by atoms with Crippen molar-refractivity contribution in [1.82, 2.24) is 42.5 Å². The summed E-state index contributed by atoms with van der Waals surface area (Å²) < 4.78 is 39.7. The number of carbonyl (C=O) groups excluding carboxylic acids is 7. The lowest BCUT2D eigenvalue weighted by atomic mass is 9.84. The molecule has 2 saturated heterocycles. The third kappa shape index (κ3) is 18.8. The molecule has 2 fully saturated rings. The molecule has 14 rings (SSSR count). The van der Waals surface area contributed by atoms with Crippen molar-refractivity contribution in [3.05, 3.63) is 186 Å². The minimum absolute atomic E-state index is 0.112. The summed E-state index contributed by atoms with van der Waals surface area (Å²) in [7, 11) is 1.47. The summed E-state index contributed by atoms with van der Waals surface area (Å²) in [5.41, 5.74) is 13.9. The fraction of sp³-hybridized carbons (Fsp3) is 0.367. The first kappa shape index (κ1) is 85.3. The number of phenols is 3. The number of carboxylic acid groups (broad SMARTS) is 1. The van der Waals surface area contributed by atoms with Crippen LogP contribution in [0.4, 0.5) is 0 Å². The molecule has 7 aromatic rings. The van der Waals surface area contributed by atoms with Crippen LogP contribution >= 0.6 is 34.8 Å². The number of primary amides is 1. The Kier molecular flexibility index (Phi) is 26.1. The number of hydrogen-bond donors (Lipinski definition) is 18. The molecule has 117 heavy (non-hydrogen) atoms. The second kappa shape index (κ2) is 35.8. The number of nitrogens with one attached hydrogen (secondary N) is 8. The van der Waals surface area contributed by atoms with Gasteiger partial charge in [-0.25, -0.2) is 4.79 Å². The molecule has 618 valence electrons. The summed E-state index contributed by atoms with van der Waals surface area (Å²) in [5, 5.41) is 130. The van der Waals surface area contributed by atoms with E-state index in [2.05, 4.69) is 52.6 Å². The van der Waals surface area contributed by atoms with E-state index >= 15 is 14.4 Å². The molecule has 7 amide bonds. The number of likely N-dealkylation sites (N-methyl/N-ethyl adjacent to an activating group) is 1. The van der Waals surface area contributed by atoms with Gasteiger partial charge in [-0.15, -0.1) is 0 Å². The van der Waals surface area contributed by atoms with Crippen molar-refractivity contribution in [3.63, 3.8) is 0 Å². The standard InChI is InChI=1S/C79H83Cl3N12O23/c1-32(2)20-47(85-5)71(104)92-62-64(99)38-13-18-51(45(81)22-38)113-53-24-40-25-54(68(53)117-78-69(67(102)66(101)55(115-78)31-87-94-84)116-57-29-79(4,70(103)33(3)112-57)86-30-34-6-8-35(9-7-34)36-10-15-41(80)16-11-36)114-52-19-14-39(23-46(52)82)65(100)63-76(109)91-61(77(110)111)44-26-42(95)27-50(97)58(44)43-21-37(12-17-49(43)96)59(73(106)93-63)90-74(107)60(40)89-72(105)48(28-56(83)98)88-75(62)108/h6-19,21-27,32-33,47-48,55,57,59-67,69-70,78,85-86,95-97,99-103H,20,28-31H2,1-5H3,(H2,83,98)(H,88,108)(H,89,105)(H,90,107)(H,91,109)(H,92,104)(H,93,106)(H,110,111)/t33?,47?,48-,55?,57?,59+,60?,61+,62?,63?,64?,65?,66?,67?,69?,70?,78?,79?/m0/s1. The number of aliphatic hydroxyl groups is 5. The molecule has 0 saturated carbocycles. The number of fused-ring (bicyclic) bond motifs is 15. The number of carbonyl (C=O) groups is 8.